The molecule has 0 aromatic heterocycles. The minimum absolute atomic E-state index is 0. The van der Waals surface area contributed by atoms with Crippen LogP contribution < -0.4 is 10.9 Å². The largest absolute Gasteiger partial charge is 0.508 e. The normalized spacial score (nSPS) is 18.8. The maximum Gasteiger partial charge on any atom is 0.115 e. The van der Waals surface area contributed by atoms with E-state index in [9.17, 15) is 5.11 Å². The third-order valence-electron chi connectivity index (χ3n) is 4.58. The van der Waals surface area contributed by atoms with Crippen LogP contribution >= 0.6 is 24.0 Å². The highest BCUT2D eigenvalue weighted by molar-refractivity contribution is 14.0. The molecule has 23 heavy (non-hydrogen) atoms. The van der Waals surface area contributed by atoms with E-state index in [1.54, 1.807) is 12.1 Å². The lowest BCUT2D eigenvalue weighted by Crippen LogP contribution is -2.44. The van der Waals surface area contributed by atoms with E-state index in [2.05, 4.69) is 51.1 Å². The maximum absolute atomic E-state index is 9.36. The van der Waals surface area contributed by atoms with Gasteiger partial charge in [0.25, 0.3) is 0 Å². The Kier molecular flexibility index (Phi) is 5.06. The molecule has 0 amide bonds. The molecule has 1 aliphatic rings. The highest BCUT2D eigenvalue weighted by atomic mass is 127. The second-order valence-electron chi connectivity index (χ2n) is 6.49. The van der Waals surface area contributed by atoms with Crippen LogP contribution in [0, 0.1) is 6.92 Å². The lowest BCUT2D eigenvalue weighted by atomic mass is 9.78. The number of phenolic OH excluding ortho intramolecular Hbond substituents is 1. The number of nitrogens with zero attached hydrogens (tertiary/aromatic N) is 1. The van der Waals surface area contributed by atoms with Crippen molar-refractivity contribution in [3.05, 3.63) is 65.2 Å². The zero-order valence-electron chi connectivity index (χ0n) is 13.7. The summed E-state index contributed by atoms with van der Waals surface area (Å²) in [6.07, 6.45) is 4.21. The molecule has 4 heteroatoms. The summed E-state index contributed by atoms with van der Waals surface area (Å²) in [4.78, 5) is 0. The molecule has 1 unspecified atom stereocenters. The van der Waals surface area contributed by atoms with Gasteiger partial charge in [-0.3, -0.25) is 0 Å². The molecule has 3 rings (SSSR count). The van der Waals surface area contributed by atoms with E-state index in [-0.39, 0.29) is 41.2 Å². The summed E-state index contributed by atoms with van der Waals surface area (Å²) in [5.41, 5.74) is 4.69. The summed E-state index contributed by atoms with van der Waals surface area (Å²) >= 11 is 0. The summed E-state index contributed by atoms with van der Waals surface area (Å²) < 4.78 is 0. The summed E-state index contributed by atoms with van der Waals surface area (Å²) in [6, 6.07) is 13.5. The van der Waals surface area contributed by atoms with Gasteiger partial charge in [-0.2, -0.15) is 0 Å². The van der Waals surface area contributed by atoms with Crippen LogP contribution in [0.5, 0.6) is 5.75 Å². The Morgan fingerprint density at radius 3 is 2.39 bits per heavy atom. The molecule has 2 aromatic carbocycles. The molecule has 0 fully saturated rings. The van der Waals surface area contributed by atoms with Crippen LogP contribution in [0.4, 0.5) is 5.69 Å². The van der Waals surface area contributed by atoms with Crippen molar-refractivity contribution in [1.29, 1.82) is 0 Å². The number of hydrazine groups is 1. The molecular weight excluding hydrogens is 399 g/mol. The monoisotopic (exact) mass is 422 g/mol. The van der Waals surface area contributed by atoms with Gasteiger partial charge in [-0.1, -0.05) is 50.3 Å². The zero-order valence-corrected chi connectivity index (χ0v) is 16.0. The first-order valence-corrected chi connectivity index (χ1v) is 7.52. The predicted octanol–water partition coefficient (Wildman–Crippen LogP) is 4.37. The van der Waals surface area contributed by atoms with E-state index < -0.39 is 0 Å². The average molecular weight is 422 g/mol. The topological polar surface area (TPSA) is 49.5 Å². The molecule has 3 nitrogen and oxygen atoms in total. The van der Waals surface area contributed by atoms with Gasteiger partial charge in [-0.25, -0.2) is 5.84 Å². The number of phenols is 1. The van der Waals surface area contributed by atoms with Crippen molar-refractivity contribution in [2.45, 2.75) is 32.2 Å². The van der Waals surface area contributed by atoms with Gasteiger partial charge < -0.3 is 10.1 Å². The summed E-state index contributed by atoms with van der Waals surface area (Å²) in [6.45, 7) is 6.61. The summed E-state index contributed by atoms with van der Waals surface area (Å²) in [5.74, 6) is 6.64. The number of rotatable bonds is 2. The van der Waals surface area contributed by atoms with Crippen LogP contribution in [0.25, 0.3) is 6.08 Å². The van der Waals surface area contributed by atoms with Crippen molar-refractivity contribution in [3.63, 3.8) is 0 Å². The van der Waals surface area contributed by atoms with Gasteiger partial charge in [0.05, 0.1) is 11.7 Å². The number of aryl methyl sites for hydroxylation is 1. The molecule has 1 heterocycles. The lowest BCUT2D eigenvalue weighted by molar-refractivity contribution is 0.475. The van der Waals surface area contributed by atoms with Gasteiger partial charge in [-0.15, -0.1) is 24.0 Å². The summed E-state index contributed by atoms with van der Waals surface area (Å²) in [5, 5.41) is 11.2. The molecule has 122 valence electrons. The van der Waals surface area contributed by atoms with E-state index in [1.807, 2.05) is 17.1 Å². The number of hydrogen-bond donors (Lipinski definition) is 2. The van der Waals surface area contributed by atoms with Crippen molar-refractivity contribution in [1.82, 2.24) is 0 Å². The van der Waals surface area contributed by atoms with Crippen LogP contribution in [0.15, 0.2) is 48.5 Å². The Balaban J connectivity index is 0.00000192. The Bertz CT molecular complexity index is 723. The van der Waals surface area contributed by atoms with Gasteiger partial charge in [0.15, 0.2) is 0 Å². The SMILES string of the molecule is Cc1cccc2c1C(C)(C)C(/C=C/c1ccc(O)cc1)N2N.I. The van der Waals surface area contributed by atoms with Crippen molar-refractivity contribution in [2.75, 3.05) is 5.01 Å². The first-order valence-electron chi connectivity index (χ1n) is 7.52. The predicted molar refractivity (Wildman–Crippen MR) is 107 cm³/mol. The zero-order chi connectivity index (χ0) is 15.9. The number of anilines is 1. The van der Waals surface area contributed by atoms with Crippen molar-refractivity contribution >= 4 is 35.7 Å². The van der Waals surface area contributed by atoms with Gasteiger partial charge in [-0.05, 0) is 41.8 Å². The molecular formula is C19H23IN2O. The Labute approximate surface area is 154 Å². The number of halogens is 1. The van der Waals surface area contributed by atoms with E-state index in [0.717, 1.165) is 11.3 Å². The highest BCUT2D eigenvalue weighted by Crippen LogP contribution is 2.45. The van der Waals surface area contributed by atoms with E-state index >= 15 is 0 Å². The smallest absolute Gasteiger partial charge is 0.115 e. The van der Waals surface area contributed by atoms with Gasteiger partial charge in [0, 0.05) is 5.41 Å². The van der Waals surface area contributed by atoms with Crippen LogP contribution in [0.2, 0.25) is 0 Å². The lowest BCUT2D eigenvalue weighted by Gasteiger charge is -2.29. The molecule has 3 N–H and O–H groups in total. The molecule has 0 radical (unpaired) electrons. The molecule has 0 bridgehead atoms. The minimum Gasteiger partial charge on any atom is -0.508 e. The van der Waals surface area contributed by atoms with E-state index in [1.165, 1.54) is 11.1 Å². The third kappa shape index (κ3) is 3.10. The highest BCUT2D eigenvalue weighted by Gasteiger charge is 2.43. The number of nitrogens with two attached hydrogens (primary N) is 1. The number of hydrogen-bond acceptors (Lipinski definition) is 3. The quantitative estimate of drug-likeness (QED) is 0.558. The van der Waals surface area contributed by atoms with Crippen LogP contribution in [-0.4, -0.2) is 11.1 Å². The molecule has 1 aliphatic heterocycles. The number of fused-ring (bicyclic) bond motifs is 1. The van der Waals surface area contributed by atoms with Gasteiger partial charge in [0.2, 0.25) is 0 Å². The van der Waals surface area contributed by atoms with E-state index in [4.69, 9.17) is 5.84 Å². The fourth-order valence-corrected chi connectivity index (χ4v) is 3.47. The molecule has 0 saturated carbocycles. The van der Waals surface area contributed by atoms with Crippen molar-refractivity contribution in [3.8, 4) is 5.75 Å². The first-order chi connectivity index (χ1) is 10.4. The van der Waals surface area contributed by atoms with Crippen molar-refractivity contribution < 1.29 is 5.11 Å². The molecule has 0 saturated heterocycles. The minimum atomic E-state index is -0.0527. The summed E-state index contributed by atoms with van der Waals surface area (Å²) in [7, 11) is 0. The van der Waals surface area contributed by atoms with Gasteiger partial charge in [0.1, 0.15) is 5.75 Å². The third-order valence-corrected chi connectivity index (χ3v) is 4.58. The fraction of sp³-hybridized carbons (Fsp3) is 0.263. The standard InChI is InChI=1S/C19H22N2O.HI/c1-13-5-4-6-16-18(13)19(2,3)17(21(16)20)12-9-14-7-10-15(22)11-8-14;/h4-12,17,22H,20H2,1-3H3;1H/b12-9+;. The Morgan fingerprint density at radius 2 is 1.78 bits per heavy atom. The van der Waals surface area contributed by atoms with E-state index in [0.29, 0.717) is 0 Å². The van der Waals surface area contributed by atoms with Crippen LogP contribution in [-0.2, 0) is 5.41 Å². The second-order valence-corrected chi connectivity index (χ2v) is 6.49. The molecule has 0 aliphatic carbocycles. The fourth-order valence-electron chi connectivity index (χ4n) is 3.47. The van der Waals surface area contributed by atoms with Gasteiger partial charge >= 0.3 is 0 Å². The van der Waals surface area contributed by atoms with Crippen LogP contribution in [0.3, 0.4) is 0 Å². The second kappa shape index (κ2) is 6.53. The van der Waals surface area contributed by atoms with Crippen LogP contribution in [0.1, 0.15) is 30.5 Å². The molecule has 2 aromatic rings. The number of aromatic hydroxyl groups is 1. The number of benzene rings is 2. The van der Waals surface area contributed by atoms with Crippen molar-refractivity contribution in [2.24, 2.45) is 5.84 Å². The Hall–Kier alpha value is -1.53. The maximum atomic E-state index is 9.36. The molecule has 1 atom stereocenters. The average Bonchev–Trinajstić information content (AvgIpc) is 2.67. The first kappa shape index (κ1) is 17.8. The molecule has 0 spiro atoms. The Morgan fingerprint density at radius 1 is 1.13 bits per heavy atom.